The molecule has 16 heavy (non-hydrogen) atoms. The highest BCUT2D eigenvalue weighted by Crippen LogP contribution is 2.27. The van der Waals surface area contributed by atoms with Gasteiger partial charge in [0, 0.05) is 32.4 Å². The van der Waals surface area contributed by atoms with Gasteiger partial charge in [-0.15, -0.1) is 0 Å². The van der Waals surface area contributed by atoms with E-state index in [4.69, 9.17) is 14.6 Å². The summed E-state index contributed by atoms with van der Waals surface area (Å²) in [5, 5.41) is 12.6. The standard InChI is InChI=1S/C12H25NO3/c1-5-16-11-6-10(12(11)15-4)13-9(3)8(2)7-14/h8-14H,5-7H2,1-4H3. The van der Waals surface area contributed by atoms with Crippen molar-refractivity contribution in [2.45, 2.75) is 51.5 Å². The number of aliphatic hydroxyl groups is 1. The van der Waals surface area contributed by atoms with Gasteiger partial charge in [0.15, 0.2) is 0 Å². The van der Waals surface area contributed by atoms with Gasteiger partial charge in [-0.3, -0.25) is 0 Å². The number of rotatable bonds is 7. The summed E-state index contributed by atoms with van der Waals surface area (Å²) in [7, 11) is 1.73. The number of hydrogen-bond acceptors (Lipinski definition) is 4. The van der Waals surface area contributed by atoms with Gasteiger partial charge in [-0.2, -0.15) is 0 Å². The molecule has 2 N–H and O–H groups in total. The van der Waals surface area contributed by atoms with E-state index in [1.54, 1.807) is 7.11 Å². The van der Waals surface area contributed by atoms with E-state index in [0.717, 1.165) is 13.0 Å². The Bertz CT molecular complexity index is 201. The summed E-state index contributed by atoms with van der Waals surface area (Å²) in [6.07, 6.45) is 1.37. The molecule has 0 aromatic rings. The first kappa shape index (κ1) is 13.9. The van der Waals surface area contributed by atoms with Crippen LogP contribution < -0.4 is 5.32 Å². The highest BCUT2D eigenvalue weighted by atomic mass is 16.5. The summed E-state index contributed by atoms with van der Waals surface area (Å²) in [4.78, 5) is 0. The van der Waals surface area contributed by atoms with Crippen molar-refractivity contribution in [1.82, 2.24) is 5.32 Å². The van der Waals surface area contributed by atoms with E-state index in [2.05, 4.69) is 12.2 Å². The maximum absolute atomic E-state index is 9.07. The normalized spacial score (nSPS) is 33.2. The van der Waals surface area contributed by atoms with Gasteiger partial charge in [-0.05, 0) is 26.2 Å². The van der Waals surface area contributed by atoms with Crippen LogP contribution in [0.25, 0.3) is 0 Å². The maximum Gasteiger partial charge on any atom is 0.0986 e. The predicted octanol–water partition coefficient (Wildman–Crippen LogP) is 0.785. The summed E-state index contributed by atoms with van der Waals surface area (Å²) in [6.45, 7) is 7.09. The van der Waals surface area contributed by atoms with Crippen molar-refractivity contribution >= 4 is 0 Å². The molecule has 1 aliphatic carbocycles. The zero-order valence-electron chi connectivity index (χ0n) is 10.8. The Morgan fingerprint density at radius 2 is 2.12 bits per heavy atom. The molecule has 0 saturated heterocycles. The summed E-state index contributed by atoms with van der Waals surface area (Å²) in [6, 6.07) is 0.653. The minimum absolute atomic E-state index is 0.147. The topological polar surface area (TPSA) is 50.7 Å². The summed E-state index contributed by atoms with van der Waals surface area (Å²) in [5.74, 6) is 0.267. The van der Waals surface area contributed by atoms with Gasteiger partial charge in [0.2, 0.25) is 0 Å². The predicted molar refractivity (Wildman–Crippen MR) is 63.5 cm³/mol. The fraction of sp³-hybridized carbons (Fsp3) is 1.00. The molecule has 0 spiro atoms. The fourth-order valence-corrected chi connectivity index (χ4v) is 2.10. The van der Waals surface area contributed by atoms with Gasteiger partial charge in [0.25, 0.3) is 0 Å². The molecule has 0 aromatic carbocycles. The van der Waals surface area contributed by atoms with Crippen molar-refractivity contribution in [3.63, 3.8) is 0 Å². The van der Waals surface area contributed by atoms with E-state index >= 15 is 0 Å². The molecular formula is C12H25NO3. The van der Waals surface area contributed by atoms with Crippen LogP contribution >= 0.6 is 0 Å². The fourth-order valence-electron chi connectivity index (χ4n) is 2.10. The second kappa shape index (κ2) is 6.55. The van der Waals surface area contributed by atoms with E-state index in [0.29, 0.717) is 12.1 Å². The number of hydrogen-bond donors (Lipinski definition) is 2. The molecular weight excluding hydrogens is 206 g/mol. The SMILES string of the molecule is CCOC1CC(NC(C)C(C)CO)C1OC. The third-order valence-electron chi connectivity index (χ3n) is 3.52. The first-order valence-corrected chi connectivity index (χ1v) is 6.15. The monoisotopic (exact) mass is 231 g/mol. The Balaban J connectivity index is 2.34. The summed E-state index contributed by atoms with van der Waals surface area (Å²) >= 11 is 0. The molecule has 0 heterocycles. The van der Waals surface area contributed by atoms with Crippen LogP contribution in [0, 0.1) is 5.92 Å². The lowest BCUT2D eigenvalue weighted by Crippen LogP contribution is -2.62. The van der Waals surface area contributed by atoms with Crippen LogP contribution in [0.3, 0.4) is 0 Å². The van der Waals surface area contributed by atoms with Crippen molar-refractivity contribution < 1.29 is 14.6 Å². The first-order chi connectivity index (χ1) is 7.63. The third kappa shape index (κ3) is 3.17. The van der Waals surface area contributed by atoms with Crippen molar-refractivity contribution in [3.05, 3.63) is 0 Å². The summed E-state index contributed by atoms with van der Waals surface area (Å²) < 4.78 is 11.0. The van der Waals surface area contributed by atoms with Crippen molar-refractivity contribution in [2.75, 3.05) is 20.3 Å². The quantitative estimate of drug-likeness (QED) is 0.680. The van der Waals surface area contributed by atoms with Crippen LogP contribution in [0.5, 0.6) is 0 Å². The van der Waals surface area contributed by atoms with Crippen LogP contribution in [0.4, 0.5) is 0 Å². The molecule has 0 radical (unpaired) electrons. The molecule has 0 aliphatic heterocycles. The molecule has 96 valence electrons. The molecule has 1 aliphatic rings. The lowest BCUT2D eigenvalue weighted by atomic mass is 9.84. The number of nitrogens with one attached hydrogen (secondary N) is 1. The van der Waals surface area contributed by atoms with E-state index < -0.39 is 0 Å². The number of methoxy groups -OCH3 is 1. The Labute approximate surface area is 98.3 Å². The smallest absolute Gasteiger partial charge is 0.0986 e. The Hall–Kier alpha value is -0.160. The molecule has 0 bridgehead atoms. The van der Waals surface area contributed by atoms with Crippen molar-refractivity contribution in [2.24, 2.45) is 5.92 Å². The van der Waals surface area contributed by atoms with Gasteiger partial charge in [0.05, 0.1) is 12.2 Å². The number of ether oxygens (including phenoxy) is 2. The van der Waals surface area contributed by atoms with E-state index in [-0.39, 0.29) is 24.7 Å². The van der Waals surface area contributed by atoms with Crippen LogP contribution in [0.1, 0.15) is 27.2 Å². The molecule has 1 saturated carbocycles. The molecule has 4 nitrogen and oxygen atoms in total. The van der Waals surface area contributed by atoms with E-state index in [1.807, 2.05) is 13.8 Å². The van der Waals surface area contributed by atoms with E-state index in [9.17, 15) is 0 Å². The van der Waals surface area contributed by atoms with Crippen LogP contribution in [-0.2, 0) is 9.47 Å². The van der Waals surface area contributed by atoms with E-state index in [1.165, 1.54) is 0 Å². The maximum atomic E-state index is 9.07. The lowest BCUT2D eigenvalue weighted by Gasteiger charge is -2.45. The van der Waals surface area contributed by atoms with Gasteiger partial charge in [-0.25, -0.2) is 0 Å². The Kier molecular flexibility index (Phi) is 5.69. The average molecular weight is 231 g/mol. The van der Waals surface area contributed by atoms with Gasteiger partial charge < -0.3 is 19.9 Å². The van der Waals surface area contributed by atoms with Gasteiger partial charge >= 0.3 is 0 Å². The molecule has 1 rings (SSSR count). The molecule has 4 heteroatoms. The van der Waals surface area contributed by atoms with Gasteiger partial charge in [0.1, 0.15) is 0 Å². The minimum atomic E-state index is 0.147. The van der Waals surface area contributed by atoms with Crippen molar-refractivity contribution in [3.8, 4) is 0 Å². The Morgan fingerprint density at radius 1 is 1.44 bits per heavy atom. The molecule has 5 atom stereocenters. The molecule has 0 aromatic heterocycles. The zero-order valence-corrected chi connectivity index (χ0v) is 10.8. The highest BCUT2D eigenvalue weighted by molar-refractivity contribution is 4.98. The van der Waals surface area contributed by atoms with Crippen molar-refractivity contribution in [1.29, 1.82) is 0 Å². The minimum Gasteiger partial charge on any atom is -0.396 e. The average Bonchev–Trinajstić information content (AvgIpc) is 2.26. The number of aliphatic hydroxyl groups excluding tert-OH is 1. The highest BCUT2D eigenvalue weighted by Gasteiger charge is 2.42. The van der Waals surface area contributed by atoms with Crippen LogP contribution in [-0.4, -0.2) is 49.7 Å². The molecule has 0 amide bonds. The zero-order chi connectivity index (χ0) is 12.1. The largest absolute Gasteiger partial charge is 0.396 e. The first-order valence-electron chi connectivity index (χ1n) is 6.15. The van der Waals surface area contributed by atoms with Gasteiger partial charge in [-0.1, -0.05) is 6.92 Å². The lowest BCUT2D eigenvalue weighted by molar-refractivity contribution is -0.133. The Morgan fingerprint density at radius 3 is 2.62 bits per heavy atom. The van der Waals surface area contributed by atoms with Crippen LogP contribution in [0.15, 0.2) is 0 Å². The second-order valence-corrected chi connectivity index (χ2v) is 4.65. The van der Waals surface area contributed by atoms with Crippen LogP contribution in [0.2, 0.25) is 0 Å². The molecule has 5 unspecified atom stereocenters. The molecule has 1 fully saturated rings. The second-order valence-electron chi connectivity index (χ2n) is 4.65. The summed E-state index contributed by atoms with van der Waals surface area (Å²) in [5.41, 5.74) is 0. The third-order valence-corrected chi connectivity index (χ3v) is 3.52.